The van der Waals surface area contributed by atoms with Crippen LogP contribution in [0.15, 0.2) is 65.3 Å². The van der Waals surface area contributed by atoms with Gasteiger partial charge in [0.15, 0.2) is 9.84 Å². The summed E-state index contributed by atoms with van der Waals surface area (Å²) in [7, 11) is -1.13. The first-order valence-electron chi connectivity index (χ1n) is 9.62. The fraction of sp³-hybridized carbons (Fsp3) is 0.261. The van der Waals surface area contributed by atoms with Gasteiger partial charge in [-0.1, -0.05) is 25.1 Å². The van der Waals surface area contributed by atoms with Crippen LogP contribution in [-0.2, 0) is 15.6 Å². The Morgan fingerprint density at radius 1 is 1.10 bits per heavy atom. The smallest absolute Gasteiger partial charge is 0.154 e. The lowest BCUT2D eigenvalue weighted by Crippen LogP contribution is -2.17. The van der Waals surface area contributed by atoms with Crippen molar-refractivity contribution in [3.05, 3.63) is 88.4 Å². The molecule has 2 heterocycles. The standard InChI is InChI=1S/C23H23FN2O2S/c1-3-29(27,28)15-16-4-9-20-21(12-16)23(17-5-7-19(24)8-6-17)25-13-18-10-11-26(2)14-22(18)20/h4-10,12,14H,3,11,13,15H2,1-2H3. The van der Waals surface area contributed by atoms with Crippen molar-refractivity contribution in [2.75, 3.05) is 25.9 Å². The first-order chi connectivity index (χ1) is 13.9. The average molecular weight is 411 g/mol. The predicted octanol–water partition coefficient (Wildman–Crippen LogP) is 3.82. The second kappa shape index (κ2) is 7.59. The van der Waals surface area contributed by atoms with Crippen molar-refractivity contribution in [2.24, 2.45) is 4.99 Å². The van der Waals surface area contributed by atoms with Crippen LogP contribution in [0.5, 0.6) is 0 Å². The molecule has 0 bridgehead atoms. The van der Waals surface area contributed by atoms with Crippen LogP contribution in [0.4, 0.5) is 4.39 Å². The molecule has 6 heteroatoms. The van der Waals surface area contributed by atoms with Gasteiger partial charge in [0.1, 0.15) is 5.82 Å². The van der Waals surface area contributed by atoms with Crippen LogP contribution in [0.25, 0.3) is 5.57 Å². The Balaban J connectivity index is 1.90. The van der Waals surface area contributed by atoms with E-state index in [2.05, 4.69) is 17.2 Å². The predicted molar refractivity (Wildman–Crippen MR) is 115 cm³/mol. The van der Waals surface area contributed by atoms with E-state index in [0.29, 0.717) is 6.54 Å². The van der Waals surface area contributed by atoms with E-state index in [1.807, 2.05) is 25.2 Å². The molecule has 0 atom stereocenters. The van der Waals surface area contributed by atoms with E-state index in [1.165, 1.54) is 12.1 Å². The highest BCUT2D eigenvalue weighted by molar-refractivity contribution is 7.90. The summed E-state index contributed by atoms with van der Waals surface area (Å²) in [4.78, 5) is 6.96. The van der Waals surface area contributed by atoms with Gasteiger partial charge in [-0.15, -0.1) is 0 Å². The number of benzene rings is 2. The number of aliphatic imine (C=N–C) groups is 1. The number of fused-ring (bicyclic) bond motifs is 3. The molecule has 0 fully saturated rings. The van der Waals surface area contributed by atoms with Crippen molar-refractivity contribution in [1.82, 2.24) is 4.90 Å². The lowest BCUT2D eigenvalue weighted by Gasteiger charge is -2.23. The van der Waals surface area contributed by atoms with Gasteiger partial charge in [0.25, 0.3) is 0 Å². The largest absolute Gasteiger partial charge is 0.376 e. The van der Waals surface area contributed by atoms with Gasteiger partial charge in [0, 0.05) is 42.2 Å². The summed E-state index contributed by atoms with van der Waals surface area (Å²) >= 11 is 0. The monoisotopic (exact) mass is 410 g/mol. The Morgan fingerprint density at radius 3 is 2.59 bits per heavy atom. The van der Waals surface area contributed by atoms with E-state index in [9.17, 15) is 12.8 Å². The third kappa shape index (κ3) is 4.03. The topological polar surface area (TPSA) is 49.7 Å². The minimum atomic E-state index is -3.15. The Labute approximate surface area is 171 Å². The first kappa shape index (κ1) is 19.6. The molecule has 0 radical (unpaired) electrons. The maximum atomic E-state index is 13.5. The Bertz CT molecular complexity index is 1150. The first-order valence-corrected chi connectivity index (χ1v) is 11.4. The Morgan fingerprint density at radius 2 is 1.86 bits per heavy atom. The molecule has 0 saturated carbocycles. The maximum Gasteiger partial charge on any atom is 0.154 e. The highest BCUT2D eigenvalue weighted by atomic mass is 32.2. The quantitative estimate of drug-likeness (QED) is 0.770. The number of hydrogen-bond acceptors (Lipinski definition) is 4. The summed E-state index contributed by atoms with van der Waals surface area (Å²) in [5.74, 6) is -0.201. The number of nitrogens with zero attached hydrogens (tertiary/aromatic N) is 2. The van der Waals surface area contributed by atoms with E-state index < -0.39 is 9.84 Å². The van der Waals surface area contributed by atoms with Crippen LogP contribution in [0.2, 0.25) is 0 Å². The van der Waals surface area contributed by atoms with E-state index in [4.69, 9.17) is 4.99 Å². The van der Waals surface area contributed by atoms with Gasteiger partial charge in [-0.25, -0.2) is 12.8 Å². The maximum absolute atomic E-state index is 13.5. The molecule has 2 aliphatic rings. The van der Waals surface area contributed by atoms with Crippen molar-refractivity contribution in [3.8, 4) is 0 Å². The minimum Gasteiger partial charge on any atom is -0.376 e. The zero-order chi connectivity index (χ0) is 20.6. The third-order valence-electron chi connectivity index (χ3n) is 5.30. The van der Waals surface area contributed by atoms with Gasteiger partial charge in [0.2, 0.25) is 0 Å². The van der Waals surface area contributed by atoms with Gasteiger partial charge >= 0.3 is 0 Å². The average Bonchev–Trinajstić information content (AvgIpc) is 2.85. The fourth-order valence-electron chi connectivity index (χ4n) is 3.68. The highest BCUT2D eigenvalue weighted by Crippen LogP contribution is 2.34. The van der Waals surface area contributed by atoms with Crippen LogP contribution in [0, 0.1) is 5.82 Å². The molecule has 2 aliphatic heterocycles. The second-order valence-electron chi connectivity index (χ2n) is 7.44. The molecule has 4 nitrogen and oxygen atoms in total. The molecule has 0 unspecified atom stereocenters. The zero-order valence-electron chi connectivity index (χ0n) is 16.5. The lowest BCUT2D eigenvalue weighted by molar-refractivity contribution is 0.504. The zero-order valence-corrected chi connectivity index (χ0v) is 17.3. The molecule has 0 aromatic heterocycles. The van der Waals surface area contributed by atoms with Gasteiger partial charge in [-0.05, 0) is 47.0 Å². The van der Waals surface area contributed by atoms with Crippen LogP contribution in [0.3, 0.4) is 0 Å². The summed E-state index contributed by atoms with van der Waals surface area (Å²) < 4.78 is 37.8. The molecule has 0 N–H and O–H groups in total. The number of sulfone groups is 1. The summed E-state index contributed by atoms with van der Waals surface area (Å²) in [6.45, 7) is 3.01. The molecular weight excluding hydrogens is 387 g/mol. The van der Waals surface area contributed by atoms with Gasteiger partial charge < -0.3 is 4.90 Å². The van der Waals surface area contributed by atoms with Crippen LogP contribution >= 0.6 is 0 Å². The summed E-state index contributed by atoms with van der Waals surface area (Å²) in [6, 6.07) is 12.1. The van der Waals surface area contributed by atoms with E-state index in [0.717, 1.165) is 45.7 Å². The Kier molecular flexibility index (Phi) is 5.13. The number of likely N-dealkylation sites (N-methyl/N-ethyl adjacent to an activating group) is 1. The van der Waals surface area contributed by atoms with Gasteiger partial charge in [0.05, 0.1) is 18.0 Å². The summed E-state index contributed by atoms with van der Waals surface area (Å²) in [5, 5.41) is 0. The second-order valence-corrected chi connectivity index (χ2v) is 9.79. The van der Waals surface area contributed by atoms with E-state index in [-0.39, 0.29) is 17.3 Å². The van der Waals surface area contributed by atoms with E-state index in [1.54, 1.807) is 19.1 Å². The number of rotatable bonds is 4. The van der Waals surface area contributed by atoms with Crippen LogP contribution in [0.1, 0.15) is 29.2 Å². The molecule has 0 amide bonds. The van der Waals surface area contributed by atoms with Crippen molar-refractivity contribution in [2.45, 2.75) is 12.7 Å². The number of halogens is 1. The molecule has 2 aromatic carbocycles. The van der Waals surface area contributed by atoms with Gasteiger partial charge in [-0.2, -0.15) is 0 Å². The van der Waals surface area contributed by atoms with Gasteiger partial charge in [-0.3, -0.25) is 4.99 Å². The fourth-order valence-corrected chi connectivity index (χ4v) is 4.58. The van der Waals surface area contributed by atoms with Crippen molar-refractivity contribution in [3.63, 3.8) is 0 Å². The SMILES string of the molecule is CCS(=O)(=O)Cc1ccc2c(c1)C(c1ccc(F)cc1)=NCC1=CCN(C)C=C12. The highest BCUT2D eigenvalue weighted by Gasteiger charge is 2.24. The van der Waals surface area contributed by atoms with Crippen LogP contribution in [-0.4, -0.2) is 44.9 Å². The van der Waals surface area contributed by atoms with Crippen LogP contribution < -0.4 is 0 Å². The summed E-state index contributed by atoms with van der Waals surface area (Å²) in [5.41, 5.74) is 6.45. The van der Waals surface area contributed by atoms with E-state index >= 15 is 0 Å². The molecule has 2 aromatic rings. The van der Waals surface area contributed by atoms with Crippen molar-refractivity contribution < 1.29 is 12.8 Å². The van der Waals surface area contributed by atoms with Crippen molar-refractivity contribution in [1.29, 1.82) is 0 Å². The number of hydrogen-bond donors (Lipinski definition) is 0. The molecule has 4 rings (SSSR count). The third-order valence-corrected chi connectivity index (χ3v) is 6.95. The summed E-state index contributed by atoms with van der Waals surface area (Å²) in [6.07, 6.45) is 4.28. The molecule has 0 saturated heterocycles. The Hall–Kier alpha value is -2.73. The molecule has 0 aliphatic carbocycles. The molecule has 29 heavy (non-hydrogen) atoms. The molecule has 0 spiro atoms. The molecular formula is C23H23FN2O2S. The lowest BCUT2D eigenvalue weighted by atomic mass is 9.89. The molecule has 150 valence electrons. The van der Waals surface area contributed by atoms with Crippen molar-refractivity contribution >= 4 is 21.1 Å². The minimum absolute atomic E-state index is 0.00484. The normalized spacial score (nSPS) is 16.2.